The van der Waals surface area contributed by atoms with Gasteiger partial charge in [-0.1, -0.05) is 19.3 Å². The van der Waals surface area contributed by atoms with E-state index in [9.17, 15) is 5.11 Å². The minimum Gasteiger partial charge on any atom is -0.395 e. The van der Waals surface area contributed by atoms with Crippen LogP contribution in [-0.4, -0.2) is 41.3 Å². The lowest BCUT2D eigenvalue weighted by Crippen LogP contribution is -2.45. The number of nitrogens with zero attached hydrogens (tertiary/aromatic N) is 1. The number of rotatable bonds is 4. The third kappa shape index (κ3) is 2.96. The summed E-state index contributed by atoms with van der Waals surface area (Å²) in [4.78, 5) is 2.56. The number of hydrogen-bond donors (Lipinski definition) is 2. The van der Waals surface area contributed by atoms with Gasteiger partial charge in [0.2, 0.25) is 0 Å². The van der Waals surface area contributed by atoms with Gasteiger partial charge >= 0.3 is 0 Å². The maximum Gasteiger partial charge on any atom is 0.0558 e. The van der Waals surface area contributed by atoms with E-state index in [1.54, 1.807) is 0 Å². The smallest absolute Gasteiger partial charge is 0.0558 e. The van der Waals surface area contributed by atoms with Crippen LogP contribution in [0.4, 0.5) is 0 Å². The molecule has 0 amide bonds. The Balaban J connectivity index is 1.92. The van der Waals surface area contributed by atoms with E-state index in [-0.39, 0.29) is 0 Å². The van der Waals surface area contributed by atoms with Crippen LogP contribution in [0.3, 0.4) is 0 Å². The van der Waals surface area contributed by atoms with Gasteiger partial charge in [-0.15, -0.1) is 0 Å². The normalized spacial score (nSPS) is 32.4. The van der Waals surface area contributed by atoms with Crippen LogP contribution in [0.15, 0.2) is 0 Å². The summed E-state index contributed by atoms with van der Waals surface area (Å²) >= 11 is 0. The Morgan fingerprint density at radius 3 is 2.31 bits per heavy atom. The summed E-state index contributed by atoms with van der Waals surface area (Å²) in [5.41, 5.74) is 6.00. The average molecular weight is 226 g/mol. The molecule has 0 radical (unpaired) electrons. The van der Waals surface area contributed by atoms with E-state index in [1.165, 1.54) is 44.9 Å². The topological polar surface area (TPSA) is 49.5 Å². The first-order valence-corrected chi connectivity index (χ1v) is 6.93. The lowest BCUT2D eigenvalue weighted by molar-refractivity contribution is 0.0819. The molecule has 3 nitrogen and oxygen atoms in total. The van der Waals surface area contributed by atoms with E-state index >= 15 is 0 Å². The molecule has 2 atom stereocenters. The number of aliphatic hydroxyl groups is 1. The van der Waals surface area contributed by atoms with Gasteiger partial charge in [-0.3, -0.25) is 4.90 Å². The minimum absolute atomic E-state index is 0.294. The van der Waals surface area contributed by atoms with E-state index in [1.807, 2.05) is 0 Å². The molecule has 0 aliphatic heterocycles. The van der Waals surface area contributed by atoms with Crippen LogP contribution < -0.4 is 5.73 Å². The van der Waals surface area contributed by atoms with Gasteiger partial charge in [-0.05, 0) is 32.1 Å². The molecule has 0 spiro atoms. The molecule has 2 unspecified atom stereocenters. The van der Waals surface area contributed by atoms with Gasteiger partial charge in [-0.25, -0.2) is 0 Å². The molecule has 16 heavy (non-hydrogen) atoms. The summed E-state index contributed by atoms with van der Waals surface area (Å²) in [6, 6.07) is 1.76. The van der Waals surface area contributed by atoms with Gasteiger partial charge < -0.3 is 10.8 Å². The maximum absolute atomic E-state index is 9.22. The van der Waals surface area contributed by atoms with Crippen LogP contribution in [-0.2, 0) is 0 Å². The zero-order chi connectivity index (χ0) is 11.4. The Hall–Kier alpha value is -0.120. The Kier molecular flexibility index (Phi) is 4.62. The van der Waals surface area contributed by atoms with Gasteiger partial charge in [0, 0.05) is 24.7 Å². The first-order valence-electron chi connectivity index (χ1n) is 6.93. The van der Waals surface area contributed by atoms with Crippen molar-refractivity contribution in [2.45, 2.75) is 69.5 Å². The molecule has 0 aromatic heterocycles. The van der Waals surface area contributed by atoms with Crippen molar-refractivity contribution < 1.29 is 5.11 Å². The largest absolute Gasteiger partial charge is 0.395 e. The minimum atomic E-state index is 0.294. The van der Waals surface area contributed by atoms with E-state index in [0.717, 1.165) is 19.0 Å². The highest BCUT2D eigenvalue weighted by Crippen LogP contribution is 2.30. The fourth-order valence-corrected chi connectivity index (χ4v) is 3.48. The Morgan fingerprint density at radius 1 is 1.00 bits per heavy atom. The summed E-state index contributed by atoms with van der Waals surface area (Å²) in [5, 5.41) is 9.22. The zero-order valence-corrected chi connectivity index (χ0v) is 10.3. The van der Waals surface area contributed by atoms with Gasteiger partial charge in [0.1, 0.15) is 0 Å². The van der Waals surface area contributed by atoms with Crippen molar-refractivity contribution in [1.29, 1.82) is 0 Å². The first kappa shape index (κ1) is 12.3. The number of hydrogen-bond acceptors (Lipinski definition) is 3. The Morgan fingerprint density at radius 2 is 1.75 bits per heavy atom. The average Bonchev–Trinajstić information content (AvgIpc) is 2.74. The quantitative estimate of drug-likeness (QED) is 0.763. The van der Waals surface area contributed by atoms with E-state index in [0.29, 0.717) is 18.7 Å². The van der Waals surface area contributed by atoms with Crippen LogP contribution in [0.5, 0.6) is 0 Å². The van der Waals surface area contributed by atoms with Crippen LogP contribution in [0, 0.1) is 0 Å². The first-order chi connectivity index (χ1) is 7.81. The molecule has 3 heteroatoms. The predicted molar refractivity (Wildman–Crippen MR) is 66.3 cm³/mol. The molecule has 0 saturated heterocycles. The van der Waals surface area contributed by atoms with Crippen molar-refractivity contribution in [3.63, 3.8) is 0 Å². The van der Waals surface area contributed by atoms with Crippen LogP contribution in [0.2, 0.25) is 0 Å². The molecule has 2 fully saturated rings. The molecule has 2 aliphatic rings. The fraction of sp³-hybridized carbons (Fsp3) is 1.00. The van der Waals surface area contributed by atoms with Crippen molar-refractivity contribution in [2.24, 2.45) is 5.73 Å². The standard InChI is InChI=1S/C13H26N2O/c14-11-6-7-13(10-11)15(8-9-16)12-4-2-1-3-5-12/h11-13,16H,1-10,14H2. The lowest BCUT2D eigenvalue weighted by Gasteiger charge is -2.38. The molecule has 0 heterocycles. The Bertz CT molecular complexity index is 199. The summed E-state index contributed by atoms with van der Waals surface area (Å²) in [7, 11) is 0. The molecule has 2 saturated carbocycles. The van der Waals surface area contributed by atoms with Crippen molar-refractivity contribution >= 4 is 0 Å². The highest BCUT2D eigenvalue weighted by atomic mass is 16.3. The summed E-state index contributed by atoms with van der Waals surface area (Å²) in [5.74, 6) is 0. The SMILES string of the molecule is NC1CCC(N(CCO)C2CCCCC2)C1. The van der Waals surface area contributed by atoms with Crippen molar-refractivity contribution in [1.82, 2.24) is 4.90 Å². The third-order valence-corrected chi connectivity index (χ3v) is 4.32. The van der Waals surface area contributed by atoms with Gasteiger partial charge in [0.05, 0.1) is 6.61 Å². The molecule has 2 aliphatic carbocycles. The van der Waals surface area contributed by atoms with Gasteiger partial charge in [0.15, 0.2) is 0 Å². The molecule has 0 aromatic rings. The predicted octanol–water partition coefficient (Wildman–Crippen LogP) is 1.49. The highest BCUT2D eigenvalue weighted by Gasteiger charge is 2.31. The molecule has 2 rings (SSSR count). The molecule has 94 valence electrons. The Labute approximate surface area is 99.0 Å². The fourth-order valence-electron chi connectivity index (χ4n) is 3.48. The second-order valence-electron chi connectivity index (χ2n) is 5.48. The lowest BCUT2D eigenvalue weighted by atomic mass is 9.93. The number of nitrogens with two attached hydrogens (primary N) is 1. The van der Waals surface area contributed by atoms with E-state index in [4.69, 9.17) is 5.73 Å². The summed E-state index contributed by atoms with van der Waals surface area (Å²) < 4.78 is 0. The van der Waals surface area contributed by atoms with Gasteiger partial charge in [0.25, 0.3) is 0 Å². The summed E-state index contributed by atoms with van der Waals surface area (Å²) in [6.07, 6.45) is 10.3. The van der Waals surface area contributed by atoms with E-state index < -0.39 is 0 Å². The third-order valence-electron chi connectivity index (χ3n) is 4.32. The molecule has 3 N–H and O–H groups in total. The second-order valence-corrected chi connectivity index (χ2v) is 5.48. The summed E-state index contributed by atoms with van der Waals surface area (Å²) in [6.45, 7) is 1.14. The molecular formula is C13H26N2O. The highest BCUT2D eigenvalue weighted by molar-refractivity contribution is 4.89. The van der Waals surface area contributed by atoms with Gasteiger partial charge in [-0.2, -0.15) is 0 Å². The van der Waals surface area contributed by atoms with Crippen LogP contribution in [0.1, 0.15) is 51.4 Å². The van der Waals surface area contributed by atoms with Crippen molar-refractivity contribution in [2.75, 3.05) is 13.2 Å². The number of aliphatic hydroxyl groups excluding tert-OH is 1. The maximum atomic E-state index is 9.22. The van der Waals surface area contributed by atoms with Crippen LogP contribution >= 0.6 is 0 Å². The molecule has 0 aromatic carbocycles. The monoisotopic (exact) mass is 226 g/mol. The van der Waals surface area contributed by atoms with Crippen molar-refractivity contribution in [3.8, 4) is 0 Å². The molecular weight excluding hydrogens is 200 g/mol. The van der Waals surface area contributed by atoms with Crippen molar-refractivity contribution in [3.05, 3.63) is 0 Å². The zero-order valence-electron chi connectivity index (χ0n) is 10.3. The second kappa shape index (κ2) is 5.99. The van der Waals surface area contributed by atoms with E-state index in [2.05, 4.69) is 4.90 Å². The van der Waals surface area contributed by atoms with Crippen LogP contribution in [0.25, 0.3) is 0 Å². The molecule has 0 bridgehead atoms.